The summed E-state index contributed by atoms with van der Waals surface area (Å²) in [4.78, 5) is 12.3. The zero-order valence-corrected chi connectivity index (χ0v) is 11.8. The van der Waals surface area contributed by atoms with Gasteiger partial charge in [0.15, 0.2) is 0 Å². The maximum absolute atomic E-state index is 10.8. The third-order valence-electron chi connectivity index (χ3n) is 3.58. The molecule has 0 saturated heterocycles. The lowest BCUT2D eigenvalue weighted by molar-refractivity contribution is -0.118. The Bertz CT molecular complexity index is 358. The molecule has 100 valence electrons. The lowest BCUT2D eigenvalue weighted by Crippen LogP contribution is -2.34. The fraction of sp³-hybridized carbons (Fsp3) is 0.643. The number of amides is 1. The molecule has 3 nitrogen and oxygen atoms in total. The van der Waals surface area contributed by atoms with Gasteiger partial charge in [-0.3, -0.25) is 4.79 Å². The molecule has 1 atom stereocenters. The SMILES string of the molecule is CC(=O)NCCNC(c1cccs1)C1CCCC1. The van der Waals surface area contributed by atoms with Crippen molar-refractivity contribution in [3.63, 3.8) is 0 Å². The van der Waals surface area contributed by atoms with E-state index in [4.69, 9.17) is 0 Å². The van der Waals surface area contributed by atoms with Crippen molar-refractivity contribution >= 4 is 17.2 Å². The molecule has 4 heteroatoms. The Morgan fingerprint density at radius 3 is 2.83 bits per heavy atom. The van der Waals surface area contributed by atoms with Crippen LogP contribution in [0, 0.1) is 5.92 Å². The topological polar surface area (TPSA) is 41.1 Å². The molecule has 2 N–H and O–H groups in total. The fourth-order valence-corrected chi connectivity index (χ4v) is 3.62. The molecular weight excluding hydrogens is 244 g/mol. The van der Waals surface area contributed by atoms with Crippen molar-refractivity contribution in [2.24, 2.45) is 5.92 Å². The van der Waals surface area contributed by atoms with Gasteiger partial charge in [-0.2, -0.15) is 0 Å². The summed E-state index contributed by atoms with van der Waals surface area (Å²) in [6.45, 7) is 3.12. The molecule has 0 bridgehead atoms. The molecule has 1 amide bonds. The first kappa shape index (κ1) is 13.6. The van der Waals surface area contributed by atoms with Gasteiger partial charge in [0, 0.05) is 30.9 Å². The molecule has 1 saturated carbocycles. The molecule has 1 aromatic heterocycles. The molecule has 0 radical (unpaired) electrons. The van der Waals surface area contributed by atoms with Gasteiger partial charge in [0.2, 0.25) is 5.91 Å². The zero-order chi connectivity index (χ0) is 12.8. The Hall–Kier alpha value is -0.870. The van der Waals surface area contributed by atoms with Crippen LogP contribution in [0.15, 0.2) is 17.5 Å². The average Bonchev–Trinajstić information content (AvgIpc) is 3.01. The molecule has 1 unspecified atom stereocenters. The first-order valence-corrected chi connectivity index (χ1v) is 7.66. The molecule has 18 heavy (non-hydrogen) atoms. The van der Waals surface area contributed by atoms with E-state index in [1.54, 1.807) is 6.92 Å². The largest absolute Gasteiger partial charge is 0.355 e. The summed E-state index contributed by atoms with van der Waals surface area (Å²) in [6.07, 6.45) is 5.38. The van der Waals surface area contributed by atoms with Gasteiger partial charge in [-0.05, 0) is 30.2 Å². The van der Waals surface area contributed by atoms with Gasteiger partial charge < -0.3 is 10.6 Å². The Kier molecular flexibility index (Phi) is 5.20. The Labute approximate surface area is 113 Å². The van der Waals surface area contributed by atoms with Crippen LogP contribution in [0.4, 0.5) is 0 Å². The van der Waals surface area contributed by atoms with Crippen molar-refractivity contribution in [3.05, 3.63) is 22.4 Å². The van der Waals surface area contributed by atoms with Gasteiger partial charge in [0.05, 0.1) is 0 Å². The number of carbonyl (C=O) groups is 1. The fourth-order valence-electron chi connectivity index (χ4n) is 2.72. The molecule has 1 heterocycles. The van der Waals surface area contributed by atoms with E-state index in [9.17, 15) is 4.79 Å². The second kappa shape index (κ2) is 6.90. The van der Waals surface area contributed by atoms with E-state index < -0.39 is 0 Å². The zero-order valence-electron chi connectivity index (χ0n) is 10.9. The predicted octanol–water partition coefficient (Wildman–Crippen LogP) is 2.71. The summed E-state index contributed by atoms with van der Waals surface area (Å²) >= 11 is 1.83. The normalized spacial score (nSPS) is 17.8. The molecule has 2 rings (SSSR count). The summed E-state index contributed by atoms with van der Waals surface area (Å²) in [7, 11) is 0. The molecule has 1 fully saturated rings. The summed E-state index contributed by atoms with van der Waals surface area (Å²) in [5, 5.41) is 8.60. The molecule has 0 spiro atoms. The van der Waals surface area contributed by atoms with Gasteiger partial charge in [0.1, 0.15) is 0 Å². The Morgan fingerprint density at radius 2 is 2.22 bits per heavy atom. The molecule has 0 aliphatic heterocycles. The van der Waals surface area contributed by atoms with E-state index >= 15 is 0 Å². The van der Waals surface area contributed by atoms with Crippen molar-refractivity contribution in [2.45, 2.75) is 38.6 Å². The number of hydrogen-bond donors (Lipinski definition) is 2. The predicted molar refractivity (Wildman–Crippen MR) is 75.7 cm³/mol. The van der Waals surface area contributed by atoms with E-state index in [0.717, 1.165) is 12.5 Å². The van der Waals surface area contributed by atoms with Crippen LogP contribution in [-0.2, 0) is 4.79 Å². The third-order valence-corrected chi connectivity index (χ3v) is 4.54. The van der Waals surface area contributed by atoms with Crippen molar-refractivity contribution in [3.8, 4) is 0 Å². The number of rotatable bonds is 6. The van der Waals surface area contributed by atoms with Gasteiger partial charge in [-0.25, -0.2) is 0 Å². The van der Waals surface area contributed by atoms with Crippen molar-refractivity contribution < 1.29 is 4.79 Å². The highest BCUT2D eigenvalue weighted by Crippen LogP contribution is 2.37. The van der Waals surface area contributed by atoms with Crippen LogP contribution in [-0.4, -0.2) is 19.0 Å². The minimum atomic E-state index is 0.0466. The standard InChI is InChI=1S/C14H22N2OS/c1-11(17)15-8-9-16-14(12-5-2-3-6-12)13-7-4-10-18-13/h4,7,10,12,14,16H,2-3,5-6,8-9H2,1H3,(H,15,17). The Morgan fingerprint density at radius 1 is 1.44 bits per heavy atom. The summed E-state index contributed by atoms with van der Waals surface area (Å²) < 4.78 is 0. The quantitative estimate of drug-likeness (QED) is 0.777. The summed E-state index contributed by atoms with van der Waals surface area (Å²) in [6, 6.07) is 4.82. The number of thiophene rings is 1. The van der Waals surface area contributed by atoms with E-state index in [-0.39, 0.29) is 5.91 Å². The van der Waals surface area contributed by atoms with E-state index in [1.165, 1.54) is 30.6 Å². The van der Waals surface area contributed by atoms with E-state index in [0.29, 0.717) is 12.6 Å². The lowest BCUT2D eigenvalue weighted by atomic mass is 9.97. The number of hydrogen-bond acceptors (Lipinski definition) is 3. The van der Waals surface area contributed by atoms with Crippen LogP contribution < -0.4 is 10.6 Å². The maximum atomic E-state index is 10.8. The van der Waals surface area contributed by atoms with Crippen LogP contribution in [0.2, 0.25) is 0 Å². The van der Waals surface area contributed by atoms with E-state index in [1.807, 2.05) is 11.3 Å². The highest BCUT2D eigenvalue weighted by molar-refractivity contribution is 7.10. The maximum Gasteiger partial charge on any atom is 0.216 e. The van der Waals surface area contributed by atoms with Crippen LogP contribution in [0.25, 0.3) is 0 Å². The van der Waals surface area contributed by atoms with Crippen molar-refractivity contribution in [1.82, 2.24) is 10.6 Å². The molecule has 1 aliphatic carbocycles. The van der Waals surface area contributed by atoms with Crippen molar-refractivity contribution in [2.75, 3.05) is 13.1 Å². The van der Waals surface area contributed by atoms with Crippen LogP contribution in [0.1, 0.15) is 43.5 Å². The minimum absolute atomic E-state index is 0.0466. The minimum Gasteiger partial charge on any atom is -0.355 e. The monoisotopic (exact) mass is 266 g/mol. The number of carbonyl (C=O) groups excluding carboxylic acids is 1. The molecule has 0 aromatic carbocycles. The van der Waals surface area contributed by atoms with Gasteiger partial charge in [-0.15, -0.1) is 11.3 Å². The smallest absolute Gasteiger partial charge is 0.216 e. The van der Waals surface area contributed by atoms with Crippen LogP contribution in [0.3, 0.4) is 0 Å². The van der Waals surface area contributed by atoms with Crippen molar-refractivity contribution in [1.29, 1.82) is 0 Å². The molecule has 1 aromatic rings. The second-order valence-electron chi connectivity index (χ2n) is 4.97. The molecular formula is C14H22N2OS. The second-order valence-corrected chi connectivity index (χ2v) is 5.95. The number of nitrogens with one attached hydrogen (secondary N) is 2. The summed E-state index contributed by atoms with van der Waals surface area (Å²) in [5.74, 6) is 0.811. The Balaban J connectivity index is 1.86. The average molecular weight is 266 g/mol. The third kappa shape index (κ3) is 3.82. The summed E-state index contributed by atoms with van der Waals surface area (Å²) in [5.41, 5.74) is 0. The molecule has 1 aliphatic rings. The van der Waals surface area contributed by atoms with Crippen LogP contribution >= 0.6 is 11.3 Å². The van der Waals surface area contributed by atoms with Gasteiger partial charge in [0.25, 0.3) is 0 Å². The van der Waals surface area contributed by atoms with Gasteiger partial charge in [-0.1, -0.05) is 18.9 Å². The highest BCUT2D eigenvalue weighted by atomic mass is 32.1. The lowest BCUT2D eigenvalue weighted by Gasteiger charge is -2.24. The van der Waals surface area contributed by atoms with Gasteiger partial charge >= 0.3 is 0 Å². The first-order chi connectivity index (χ1) is 8.77. The van der Waals surface area contributed by atoms with Crippen LogP contribution in [0.5, 0.6) is 0 Å². The highest BCUT2D eigenvalue weighted by Gasteiger charge is 2.26. The van der Waals surface area contributed by atoms with E-state index in [2.05, 4.69) is 28.1 Å². The first-order valence-electron chi connectivity index (χ1n) is 6.78.